The number of benzene rings is 3. The van der Waals surface area contributed by atoms with Crippen molar-refractivity contribution >= 4 is 21.7 Å². The third-order valence-corrected chi connectivity index (χ3v) is 5.57. The second kappa shape index (κ2) is 8.78. The molecule has 0 bridgehead atoms. The SMILES string of the molecule is CCN(CC)Cc1c(O)ccc2c(=O)c(Oc3ccc4ccccc4c3)c(C(F)(F)F)oc12. The number of phenolic OH excluding ortho intramolecular Hbond substituents is 1. The molecule has 172 valence electrons. The molecule has 0 fully saturated rings. The summed E-state index contributed by atoms with van der Waals surface area (Å²) in [6.45, 7) is 5.11. The zero-order valence-corrected chi connectivity index (χ0v) is 18.1. The zero-order valence-electron chi connectivity index (χ0n) is 18.1. The van der Waals surface area contributed by atoms with Crippen molar-refractivity contribution in [3.63, 3.8) is 0 Å². The van der Waals surface area contributed by atoms with Crippen LogP contribution in [0.2, 0.25) is 0 Å². The molecule has 0 amide bonds. The lowest BCUT2D eigenvalue weighted by molar-refractivity contribution is -0.154. The summed E-state index contributed by atoms with van der Waals surface area (Å²) >= 11 is 0. The van der Waals surface area contributed by atoms with Gasteiger partial charge in [-0.2, -0.15) is 13.2 Å². The van der Waals surface area contributed by atoms with Gasteiger partial charge in [-0.15, -0.1) is 0 Å². The Bertz CT molecular complexity index is 1370. The molecule has 0 spiro atoms. The molecule has 33 heavy (non-hydrogen) atoms. The molecule has 0 atom stereocenters. The van der Waals surface area contributed by atoms with E-state index in [-0.39, 0.29) is 34.6 Å². The summed E-state index contributed by atoms with van der Waals surface area (Å²) in [6.07, 6.45) is -4.99. The summed E-state index contributed by atoms with van der Waals surface area (Å²) in [5.41, 5.74) is -1.14. The van der Waals surface area contributed by atoms with E-state index in [1.54, 1.807) is 24.3 Å². The van der Waals surface area contributed by atoms with Crippen molar-refractivity contribution in [2.75, 3.05) is 13.1 Å². The maximum absolute atomic E-state index is 14.0. The Morgan fingerprint density at radius 1 is 1.00 bits per heavy atom. The molecule has 1 aromatic heterocycles. The molecule has 0 aliphatic rings. The van der Waals surface area contributed by atoms with E-state index in [0.29, 0.717) is 13.1 Å². The Balaban J connectivity index is 1.91. The van der Waals surface area contributed by atoms with Crippen molar-refractivity contribution in [3.05, 3.63) is 76.1 Å². The fourth-order valence-electron chi connectivity index (χ4n) is 3.74. The highest BCUT2D eigenvalue weighted by molar-refractivity contribution is 5.85. The molecule has 0 saturated carbocycles. The van der Waals surface area contributed by atoms with Gasteiger partial charge in [0, 0.05) is 6.54 Å². The number of alkyl halides is 3. The highest BCUT2D eigenvalue weighted by atomic mass is 19.4. The lowest BCUT2D eigenvalue weighted by atomic mass is 10.1. The molecule has 8 heteroatoms. The number of hydrogen-bond donors (Lipinski definition) is 1. The van der Waals surface area contributed by atoms with Gasteiger partial charge in [0.05, 0.1) is 10.9 Å². The second-order valence-electron chi connectivity index (χ2n) is 7.60. The van der Waals surface area contributed by atoms with Crippen molar-refractivity contribution in [3.8, 4) is 17.2 Å². The molecule has 0 saturated heterocycles. The van der Waals surface area contributed by atoms with Crippen LogP contribution in [0.1, 0.15) is 25.2 Å². The van der Waals surface area contributed by atoms with Gasteiger partial charge in [0.1, 0.15) is 17.1 Å². The summed E-state index contributed by atoms with van der Waals surface area (Å²) in [6, 6.07) is 14.6. The monoisotopic (exact) mass is 457 g/mol. The van der Waals surface area contributed by atoms with E-state index >= 15 is 0 Å². The molecule has 0 unspecified atom stereocenters. The van der Waals surface area contributed by atoms with Gasteiger partial charge < -0.3 is 14.3 Å². The summed E-state index contributed by atoms with van der Waals surface area (Å²) in [4.78, 5) is 15.1. The average Bonchev–Trinajstić information content (AvgIpc) is 2.79. The first-order chi connectivity index (χ1) is 15.7. The van der Waals surface area contributed by atoms with Gasteiger partial charge in [-0.3, -0.25) is 9.69 Å². The van der Waals surface area contributed by atoms with Crippen LogP contribution in [0.5, 0.6) is 17.2 Å². The minimum Gasteiger partial charge on any atom is -0.507 e. The normalized spacial score (nSPS) is 12.1. The van der Waals surface area contributed by atoms with Gasteiger partial charge in [0.25, 0.3) is 5.76 Å². The van der Waals surface area contributed by atoms with E-state index < -0.39 is 23.1 Å². The fraction of sp³-hybridized carbons (Fsp3) is 0.240. The van der Waals surface area contributed by atoms with Gasteiger partial charge in [-0.25, -0.2) is 0 Å². The highest BCUT2D eigenvalue weighted by Gasteiger charge is 2.41. The van der Waals surface area contributed by atoms with Crippen molar-refractivity contribution in [1.29, 1.82) is 0 Å². The van der Waals surface area contributed by atoms with E-state index in [1.807, 2.05) is 30.9 Å². The van der Waals surface area contributed by atoms with Crippen LogP contribution in [0.4, 0.5) is 13.2 Å². The van der Waals surface area contributed by atoms with E-state index in [1.165, 1.54) is 18.2 Å². The van der Waals surface area contributed by atoms with E-state index in [2.05, 4.69) is 0 Å². The first-order valence-corrected chi connectivity index (χ1v) is 10.5. The minimum atomic E-state index is -4.99. The van der Waals surface area contributed by atoms with Crippen LogP contribution in [0.25, 0.3) is 21.7 Å². The highest BCUT2D eigenvalue weighted by Crippen LogP contribution is 2.40. The Morgan fingerprint density at radius 2 is 1.70 bits per heavy atom. The number of rotatable bonds is 6. The topological polar surface area (TPSA) is 62.9 Å². The van der Waals surface area contributed by atoms with Gasteiger partial charge in [0.15, 0.2) is 0 Å². The molecule has 0 aliphatic heterocycles. The molecule has 5 nitrogen and oxygen atoms in total. The number of ether oxygens (including phenoxy) is 1. The quantitative estimate of drug-likeness (QED) is 0.368. The molecule has 3 aromatic carbocycles. The molecule has 1 heterocycles. The number of halogens is 3. The van der Waals surface area contributed by atoms with Crippen molar-refractivity contribution in [2.24, 2.45) is 0 Å². The summed E-state index contributed by atoms with van der Waals surface area (Å²) in [7, 11) is 0. The zero-order chi connectivity index (χ0) is 23.8. The number of fused-ring (bicyclic) bond motifs is 2. The number of phenols is 1. The van der Waals surface area contributed by atoms with Crippen LogP contribution in [-0.4, -0.2) is 23.1 Å². The first-order valence-electron chi connectivity index (χ1n) is 10.5. The summed E-state index contributed by atoms with van der Waals surface area (Å²) < 4.78 is 52.6. The maximum atomic E-state index is 14.0. The van der Waals surface area contributed by atoms with Crippen LogP contribution in [0.15, 0.2) is 63.8 Å². The van der Waals surface area contributed by atoms with Crippen molar-refractivity contribution in [1.82, 2.24) is 4.90 Å². The third-order valence-electron chi connectivity index (χ3n) is 5.57. The predicted octanol–water partition coefficient (Wildman–Crippen LogP) is 6.30. The Morgan fingerprint density at radius 3 is 2.36 bits per heavy atom. The second-order valence-corrected chi connectivity index (χ2v) is 7.60. The van der Waals surface area contributed by atoms with E-state index in [9.17, 15) is 23.1 Å². The van der Waals surface area contributed by atoms with Crippen molar-refractivity contribution in [2.45, 2.75) is 26.6 Å². The molecular formula is C25H22F3NO4. The molecule has 1 N–H and O–H groups in total. The van der Waals surface area contributed by atoms with Gasteiger partial charge >= 0.3 is 6.18 Å². The smallest absolute Gasteiger partial charge is 0.453 e. The number of nitrogens with zero attached hydrogens (tertiary/aromatic N) is 1. The first kappa shape index (κ1) is 22.7. The molecular weight excluding hydrogens is 435 g/mol. The lowest BCUT2D eigenvalue weighted by Crippen LogP contribution is -2.23. The van der Waals surface area contributed by atoms with E-state index in [0.717, 1.165) is 10.8 Å². The molecule has 0 radical (unpaired) electrons. The van der Waals surface area contributed by atoms with Gasteiger partial charge in [-0.05, 0) is 48.1 Å². The van der Waals surface area contributed by atoms with Crippen LogP contribution in [0.3, 0.4) is 0 Å². The fourth-order valence-corrected chi connectivity index (χ4v) is 3.74. The van der Waals surface area contributed by atoms with Gasteiger partial charge in [0.2, 0.25) is 11.2 Å². The molecule has 4 aromatic rings. The van der Waals surface area contributed by atoms with Gasteiger partial charge in [-0.1, -0.05) is 44.2 Å². The standard InChI is InChI=1S/C25H22F3NO4/c1-3-29(4-2)14-19-20(30)12-11-18-21(31)23(24(25(26,27)28)33-22(18)19)32-17-10-9-15-7-5-6-8-16(15)13-17/h5-13,30H,3-4,14H2,1-2H3. The number of aromatic hydroxyl groups is 1. The van der Waals surface area contributed by atoms with Crippen LogP contribution < -0.4 is 10.2 Å². The average molecular weight is 457 g/mol. The summed E-state index contributed by atoms with van der Waals surface area (Å²) in [5, 5.41) is 11.9. The molecule has 0 aliphatic carbocycles. The Hall–Kier alpha value is -3.52. The van der Waals surface area contributed by atoms with Crippen LogP contribution in [0, 0.1) is 0 Å². The van der Waals surface area contributed by atoms with Crippen LogP contribution >= 0.6 is 0 Å². The maximum Gasteiger partial charge on any atom is 0.453 e. The van der Waals surface area contributed by atoms with Crippen molar-refractivity contribution < 1.29 is 27.4 Å². The minimum absolute atomic E-state index is 0.0768. The van der Waals surface area contributed by atoms with E-state index in [4.69, 9.17) is 9.15 Å². The lowest BCUT2D eigenvalue weighted by Gasteiger charge is -2.20. The number of hydrogen-bond acceptors (Lipinski definition) is 5. The Labute approximate surface area is 187 Å². The Kier molecular flexibility index (Phi) is 6.03. The predicted molar refractivity (Wildman–Crippen MR) is 120 cm³/mol. The van der Waals surface area contributed by atoms with Crippen LogP contribution in [-0.2, 0) is 12.7 Å². The third kappa shape index (κ3) is 4.39. The summed E-state index contributed by atoms with van der Waals surface area (Å²) in [5.74, 6) is -2.65. The molecule has 4 rings (SSSR count). The largest absolute Gasteiger partial charge is 0.507 e.